The molecule has 5 nitrogen and oxygen atoms in total. The van der Waals surface area contributed by atoms with Crippen LogP contribution in [0.15, 0.2) is 36.5 Å². The third-order valence-corrected chi connectivity index (χ3v) is 4.93. The lowest BCUT2D eigenvalue weighted by molar-refractivity contribution is 0.100. The van der Waals surface area contributed by atoms with Crippen LogP contribution in [-0.2, 0) is 12.8 Å². The molecule has 24 heavy (non-hydrogen) atoms. The Hall–Kier alpha value is -2.60. The summed E-state index contributed by atoms with van der Waals surface area (Å²) in [5.41, 5.74) is 7.46. The van der Waals surface area contributed by atoms with E-state index < -0.39 is 5.91 Å². The number of nitrogens with two attached hydrogens (primary N) is 1. The highest BCUT2D eigenvalue weighted by atomic mass is 32.1. The van der Waals surface area contributed by atoms with Gasteiger partial charge in [-0.1, -0.05) is 6.07 Å². The Morgan fingerprint density at radius 2 is 1.92 bits per heavy atom. The highest BCUT2D eigenvalue weighted by molar-refractivity contribution is 7.20. The number of pyridine rings is 1. The average Bonchev–Trinajstić information content (AvgIpc) is 3.03. The Balaban J connectivity index is 1.76. The lowest BCUT2D eigenvalue weighted by Gasteiger charge is -2.09. The number of benzene rings is 1. The van der Waals surface area contributed by atoms with Crippen molar-refractivity contribution in [2.45, 2.75) is 12.8 Å². The molecule has 0 fully saturated rings. The Bertz CT molecular complexity index is 889. The van der Waals surface area contributed by atoms with E-state index in [1.165, 1.54) is 11.3 Å². The number of hydrogen-bond donors (Lipinski definition) is 1. The number of amides is 1. The zero-order valence-electron chi connectivity index (χ0n) is 13.5. The fraction of sp³-hybridized carbons (Fsp3) is 0.222. The quantitative estimate of drug-likeness (QED) is 0.746. The topological polar surface area (TPSA) is 74.4 Å². The van der Waals surface area contributed by atoms with E-state index >= 15 is 0 Å². The molecule has 0 bridgehead atoms. The molecular weight excluding hydrogens is 324 g/mol. The second-order valence-electron chi connectivity index (χ2n) is 5.38. The van der Waals surface area contributed by atoms with Gasteiger partial charge < -0.3 is 15.2 Å². The van der Waals surface area contributed by atoms with Crippen molar-refractivity contribution in [3.05, 3.63) is 52.7 Å². The van der Waals surface area contributed by atoms with Gasteiger partial charge in [0, 0.05) is 22.0 Å². The van der Waals surface area contributed by atoms with Gasteiger partial charge in [0.15, 0.2) is 11.5 Å². The summed E-state index contributed by atoms with van der Waals surface area (Å²) in [5.74, 6) is 1.05. The third kappa shape index (κ3) is 3.33. The summed E-state index contributed by atoms with van der Waals surface area (Å²) >= 11 is 1.40. The van der Waals surface area contributed by atoms with E-state index in [0.717, 1.165) is 45.7 Å². The Labute approximate surface area is 144 Å². The van der Waals surface area contributed by atoms with Gasteiger partial charge in [-0.15, -0.1) is 11.3 Å². The van der Waals surface area contributed by atoms with Crippen LogP contribution in [0.1, 0.15) is 20.9 Å². The number of aryl methyl sites for hydroxylation is 2. The molecule has 0 aliphatic heterocycles. The minimum absolute atomic E-state index is 0.400. The summed E-state index contributed by atoms with van der Waals surface area (Å²) in [6.45, 7) is 0. The molecule has 0 aliphatic rings. The Morgan fingerprint density at radius 1 is 1.12 bits per heavy atom. The smallest absolute Gasteiger partial charge is 0.258 e. The maximum Gasteiger partial charge on any atom is 0.258 e. The van der Waals surface area contributed by atoms with Crippen LogP contribution in [0.3, 0.4) is 0 Å². The molecule has 1 aromatic carbocycles. The van der Waals surface area contributed by atoms with Crippen LogP contribution < -0.4 is 15.2 Å². The summed E-state index contributed by atoms with van der Waals surface area (Å²) in [4.78, 5) is 16.3. The number of primary amides is 1. The first-order chi connectivity index (χ1) is 11.6. The van der Waals surface area contributed by atoms with Crippen molar-refractivity contribution >= 4 is 27.3 Å². The van der Waals surface area contributed by atoms with Crippen LogP contribution in [0.25, 0.3) is 10.1 Å². The van der Waals surface area contributed by atoms with E-state index in [9.17, 15) is 4.79 Å². The fourth-order valence-electron chi connectivity index (χ4n) is 2.54. The van der Waals surface area contributed by atoms with Crippen molar-refractivity contribution in [3.63, 3.8) is 0 Å². The molecule has 2 N–H and O–H groups in total. The SMILES string of the molecule is COc1ccc(CCc2cc3sc(C(N)=O)cc3cn2)cc1OC. The summed E-state index contributed by atoms with van der Waals surface area (Å²) in [7, 11) is 3.25. The monoisotopic (exact) mass is 342 g/mol. The van der Waals surface area contributed by atoms with Gasteiger partial charge in [-0.25, -0.2) is 0 Å². The number of thiophene rings is 1. The zero-order valence-corrected chi connectivity index (χ0v) is 14.4. The second-order valence-corrected chi connectivity index (χ2v) is 6.46. The summed E-state index contributed by atoms with van der Waals surface area (Å²) < 4.78 is 11.6. The molecule has 0 atom stereocenters. The van der Waals surface area contributed by atoms with Gasteiger partial charge in [0.2, 0.25) is 0 Å². The number of carbonyl (C=O) groups is 1. The molecular formula is C18H18N2O3S. The molecule has 1 amide bonds. The molecule has 124 valence electrons. The van der Waals surface area contributed by atoms with Crippen molar-refractivity contribution in [2.75, 3.05) is 14.2 Å². The third-order valence-electron chi connectivity index (χ3n) is 3.82. The van der Waals surface area contributed by atoms with Crippen molar-refractivity contribution in [1.82, 2.24) is 4.98 Å². The highest BCUT2D eigenvalue weighted by Gasteiger charge is 2.09. The summed E-state index contributed by atoms with van der Waals surface area (Å²) in [6, 6.07) is 9.72. The van der Waals surface area contributed by atoms with Gasteiger partial charge >= 0.3 is 0 Å². The largest absolute Gasteiger partial charge is 0.493 e. The van der Waals surface area contributed by atoms with Gasteiger partial charge in [-0.05, 0) is 42.7 Å². The van der Waals surface area contributed by atoms with Crippen LogP contribution in [0, 0.1) is 0 Å². The predicted octanol–water partition coefficient (Wildman–Crippen LogP) is 3.20. The van der Waals surface area contributed by atoms with Gasteiger partial charge in [0.05, 0.1) is 19.1 Å². The van der Waals surface area contributed by atoms with Crippen LogP contribution in [0.4, 0.5) is 0 Å². The average molecular weight is 342 g/mol. The van der Waals surface area contributed by atoms with Crippen molar-refractivity contribution < 1.29 is 14.3 Å². The first kappa shape index (κ1) is 16.3. The number of aromatic nitrogens is 1. The lowest BCUT2D eigenvalue weighted by Crippen LogP contribution is -2.07. The van der Waals surface area contributed by atoms with Gasteiger partial charge in [-0.3, -0.25) is 9.78 Å². The number of ether oxygens (including phenoxy) is 2. The van der Waals surface area contributed by atoms with Crippen LogP contribution >= 0.6 is 11.3 Å². The number of rotatable bonds is 6. The number of hydrogen-bond acceptors (Lipinski definition) is 5. The van der Waals surface area contributed by atoms with Gasteiger partial charge in [0.1, 0.15) is 0 Å². The normalized spacial score (nSPS) is 10.8. The molecule has 0 spiro atoms. The molecule has 0 aliphatic carbocycles. The van der Waals surface area contributed by atoms with Gasteiger partial charge in [0.25, 0.3) is 5.91 Å². The molecule has 2 heterocycles. The highest BCUT2D eigenvalue weighted by Crippen LogP contribution is 2.29. The van der Waals surface area contributed by atoms with Crippen LogP contribution in [-0.4, -0.2) is 25.1 Å². The molecule has 0 radical (unpaired) electrons. The molecule has 0 saturated heterocycles. The molecule has 6 heteroatoms. The predicted molar refractivity (Wildman–Crippen MR) is 95.1 cm³/mol. The lowest BCUT2D eigenvalue weighted by atomic mass is 10.1. The van der Waals surface area contributed by atoms with Crippen molar-refractivity contribution in [2.24, 2.45) is 5.73 Å². The molecule has 2 aromatic heterocycles. The minimum atomic E-state index is -0.400. The number of nitrogens with zero attached hydrogens (tertiary/aromatic N) is 1. The summed E-state index contributed by atoms with van der Waals surface area (Å²) in [5, 5.41) is 0.948. The van der Waals surface area contributed by atoms with E-state index in [2.05, 4.69) is 4.98 Å². The fourth-order valence-corrected chi connectivity index (χ4v) is 3.49. The van der Waals surface area contributed by atoms with E-state index in [0.29, 0.717) is 4.88 Å². The Morgan fingerprint density at radius 3 is 2.62 bits per heavy atom. The molecule has 3 rings (SSSR count). The zero-order chi connectivity index (χ0) is 17.1. The van der Waals surface area contributed by atoms with Gasteiger partial charge in [-0.2, -0.15) is 0 Å². The first-order valence-corrected chi connectivity index (χ1v) is 8.31. The van der Waals surface area contributed by atoms with Crippen LogP contribution in [0.2, 0.25) is 0 Å². The standard InChI is InChI=1S/C18H18N2O3S/c1-22-14-6-4-11(7-15(14)23-2)3-5-13-9-16-12(10-20-13)8-17(24-16)18(19)21/h4,6-10H,3,5H2,1-2H3,(H2,19,21). The van der Waals surface area contributed by atoms with E-state index in [4.69, 9.17) is 15.2 Å². The van der Waals surface area contributed by atoms with Crippen molar-refractivity contribution in [1.29, 1.82) is 0 Å². The van der Waals surface area contributed by atoms with E-state index in [1.54, 1.807) is 26.5 Å². The maximum atomic E-state index is 11.3. The first-order valence-electron chi connectivity index (χ1n) is 7.50. The summed E-state index contributed by atoms with van der Waals surface area (Å²) in [6.07, 6.45) is 3.43. The number of methoxy groups -OCH3 is 2. The Kier molecular flexibility index (Phi) is 4.66. The molecule has 0 unspecified atom stereocenters. The van der Waals surface area contributed by atoms with E-state index in [-0.39, 0.29) is 0 Å². The second kappa shape index (κ2) is 6.88. The van der Waals surface area contributed by atoms with E-state index in [1.807, 2.05) is 24.3 Å². The number of fused-ring (bicyclic) bond motifs is 1. The minimum Gasteiger partial charge on any atom is -0.493 e. The van der Waals surface area contributed by atoms with Crippen LogP contribution in [0.5, 0.6) is 11.5 Å². The molecule has 3 aromatic rings. The number of carbonyl (C=O) groups excluding carboxylic acids is 1. The van der Waals surface area contributed by atoms with Crippen molar-refractivity contribution in [3.8, 4) is 11.5 Å². The maximum absolute atomic E-state index is 11.3. The molecule has 0 saturated carbocycles.